The number of carbonyl (C=O) groups excluding carboxylic acids is 1. The zero-order valence-corrected chi connectivity index (χ0v) is 15.1. The first-order chi connectivity index (χ1) is 11.4. The smallest absolute Gasteiger partial charge is 0.220 e. The van der Waals surface area contributed by atoms with Gasteiger partial charge in [-0.3, -0.25) is 4.79 Å². The molecule has 0 bridgehead atoms. The van der Waals surface area contributed by atoms with Gasteiger partial charge < -0.3 is 5.32 Å². The Bertz CT molecular complexity index is 696. The molecule has 1 aliphatic carbocycles. The molecule has 0 fully saturated rings. The third-order valence-electron chi connectivity index (χ3n) is 3.92. The molecule has 1 amide bonds. The molecule has 0 radical (unpaired) electrons. The number of hydrogen-bond acceptors (Lipinski definition) is 3. The van der Waals surface area contributed by atoms with E-state index in [1.807, 2.05) is 18.2 Å². The lowest BCUT2D eigenvalue weighted by molar-refractivity contribution is -0.121. The SMILES string of the molecule is CC(C)NS(=O)(=O)Cc1ccccc1CNC(=O)C[C@@H]1C=CCC1. The van der Waals surface area contributed by atoms with E-state index < -0.39 is 10.0 Å². The van der Waals surface area contributed by atoms with Gasteiger partial charge in [0, 0.05) is 19.0 Å². The van der Waals surface area contributed by atoms with Crippen LogP contribution in [-0.4, -0.2) is 20.4 Å². The Morgan fingerprint density at radius 3 is 2.58 bits per heavy atom. The summed E-state index contributed by atoms with van der Waals surface area (Å²) in [6.45, 7) is 3.94. The molecule has 1 aromatic rings. The van der Waals surface area contributed by atoms with E-state index in [9.17, 15) is 13.2 Å². The third-order valence-corrected chi connectivity index (χ3v) is 5.44. The van der Waals surface area contributed by atoms with Crippen LogP contribution in [0.25, 0.3) is 0 Å². The summed E-state index contributed by atoms with van der Waals surface area (Å²) in [6.07, 6.45) is 6.77. The van der Waals surface area contributed by atoms with Gasteiger partial charge in [-0.1, -0.05) is 36.4 Å². The van der Waals surface area contributed by atoms with Crippen molar-refractivity contribution in [1.82, 2.24) is 10.0 Å². The molecule has 0 spiro atoms. The maximum absolute atomic E-state index is 12.1. The molecule has 5 nitrogen and oxygen atoms in total. The zero-order chi connectivity index (χ0) is 17.6. The standard InChI is InChI=1S/C18H26N2O3S/c1-14(2)20-24(22,23)13-17-10-6-5-9-16(17)12-19-18(21)11-15-7-3-4-8-15/h3,5-7,9-10,14-15,20H,4,8,11-13H2,1-2H3,(H,19,21)/t15-/m1/s1. The number of amides is 1. The Balaban J connectivity index is 1.95. The average Bonchev–Trinajstić information content (AvgIpc) is 2.97. The highest BCUT2D eigenvalue weighted by Gasteiger charge is 2.17. The highest BCUT2D eigenvalue weighted by molar-refractivity contribution is 7.88. The van der Waals surface area contributed by atoms with E-state index in [1.54, 1.807) is 19.9 Å². The summed E-state index contributed by atoms with van der Waals surface area (Å²) in [5, 5.41) is 2.90. The van der Waals surface area contributed by atoms with Crippen molar-refractivity contribution >= 4 is 15.9 Å². The van der Waals surface area contributed by atoms with E-state index in [1.165, 1.54) is 0 Å². The minimum atomic E-state index is -3.39. The summed E-state index contributed by atoms with van der Waals surface area (Å²) in [7, 11) is -3.39. The van der Waals surface area contributed by atoms with Crippen molar-refractivity contribution in [3.63, 3.8) is 0 Å². The van der Waals surface area contributed by atoms with Crippen LogP contribution in [0.3, 0.4) is 0 Å². The van der Waals surface area contributed by atoms with Crippen LogP contribution in [0.5, 0.6) is 0 Å². The summed E-state index contributed by atoms with van der Waals surface area (Å²) in [5.74, 6) is 0.253. The van der Waals surface area contributed by atoms with E-state index in [0.29, 0.717) is 24.4 Å². The summed E-state index contributed by atoms with van der Waals surface area (Å²) in [5.41, 5.74) is 1.55. The first kappa shape index (κ1) is 18.7. The molecule has 0 unspecified atom stereocenters. The number of rotatable bonds is 8. The van der Waals surface area contributed by atoms with Crippen molar-refractivity contribution in [2.75, 3.05) is 0 Å². The molecule has 0 heterocycles. The van der Waals surface area contributed by atoms with Gasteiger partial charge in [-0.25, -0.2) is 13.1 Å². The van der Waals surface area contributed by atoms with Crippen molar-refractivity contribution in [1.29, 1.82) is 0 Å². The Labute approximate surface area is 144 Å². The molecule has 1 aliphatic rings. The topological polar surface area (TPSA) is 75.3 Å². The molecule has 2 rings (SSSR count). The molecule has 0 aromatic heterocycles. The predicted octanol–water partition coefficient (Wildman–Crippen LogP) is 2.49. The quantitative estimate of drug-likeness (QED) is 0.707. The number of allylic oxidation sites excluding steroid dienone is 2. The van der Waals surface area contributed by atoms with Crippen molar-refractivity contribution in [2.24, 2.45) is 5.92 Å². The van der Waals surface area contributed by atoms with Crippen LogP contribution in [0.4, 0.5) is 0 Å². The molecule has 0 aliphatic heterocycles. The molecular formula is C18H26N2O3S. The first-order valence-corrected chi connectivity index (χ1v) is 10.0. The van der Waals surface area contributed by atoms with Crippen LogP contribution in [0.2, 0.25) is 0 Å². The van der Waals surface area contributed by atoms with Gasteiger partial charge in [-0.05, 0) is 43.7 Å². The third kappa shape index (κ3) is 6.09. The fourth-order valence-electron chi connectivity index (χ4n) is 2.85. The molecular weight excluding hydrogens is 324 g/mol. The van der Waals surface area contributed by atoms with Crippen LogP contribution < -0.4 is 10.0 Å². The lowest BCUT2D eigenvalue weighted by atomic mass is 10.0. The Morgan fingerprint density at radius 1 is 1.25 bits per heavy atom. The number of nitrogens with one attached hydrogen (secondary N) is 2. The second kappa shape index (κ2) is 8.44. The van der Waals surface area contributed by atoms with Gasteiger partial charge in [0.1, 0.15) is 0 Å². The van der Waals surface area contributed by atoms with Crippen LogP contribution in [0.1, 0.15) is 44.2 Å². The van der Waals surface area contributed by atoms with Crippen molar-refractivity contribution in [3.8, 4) is 0 Å². The Kier molecular flexibility index (Phi) is 6.57. The summed E-state index contributed by atoms with van der Waals surface area (Å²) >= 11 is 0. The second-order valence-electron chi connectivity index (χ2n) is 6.55. The lowest BCUT2D eigenvalue weighted by Crippen LogP contribution is -2.32. The summed E-state index contributed by atoms with van der Waals surface area (Å²) in [4.78, 5) is 12.0. The Morgan fingerprint density at radius 2 is 1.96 bits per heavy atom. The highest BCUT2D eigenvalue weighted by Crippen LogP contribution is 2.20. The van der Waals surface area contributed by atoms with Gasteiger partial charge in [0.25, 0.3) is 0 Å². The maximum Gasteiger partial charge on any atom is 0.220 e. The average molecular weight is 350 g/mol. The fraction of sp³-hybridized carbons (Fsp3) is 0.500. The molecule has 132 valence electrons. The van der Waals surface area contributed by atoms with Crippen LogP contribution in [0.15, 0.2) is 36.4 Å². The molecule has 1 atom stereocenters. The van der Waals surface area contributed by atoms with Crippen molar-refractivity contribution < 1.29 is 13.2 Å². The van der Waals surface area contributed by atoms with Gasteiger partial charge in [-0.15, -0.1) is 0 Å². The highest BCUT2D eigenvalue weighted by atomic mass is 32.2. The van der Waals surface area contributed by atoms with Gasteiger partial charge >= 0.3 is 0 Å². The summed E-state index contributed by atoms with van der Waals surface area (Å²) in [6, 6.07) is 7.18. The molecule has 2 N–H and O–H groups in total. The minimum Gasteiger partial charge on any atom is -0.352 e. The molecule has 1 aromatic carbocycles. The molecule has 6 heteroatoms. The normalized spacial score (nSPS) is 17.4. The molecule has 0 saturated heterocycles. The number of benzene rings is 1. The molecule has 24 heavy (non-hydrogen) atoms. The van der Waals surface area contributed by atoms with Crippen LogP contribution in [-0.2, 0) is 27.1 Å². The van der Waals surface area contributed by atoms with E-state index in [-0.39, 0.29) is 17.7 Å². The molecule has 0 saturated carbocycles. The van der Waals surface area contributed by atoms with E-state index >= 15 is 0 Å². The zero-order valence-electron chi connectivity index (χ0n) is 14.3. The number of hydrogen-bond donors (Lipinski definition) is 2. The fourth-order valence-corrected chi connectivity index (χ4v) is 4.34. The van der Waals surface area contributed by atoms with Crippen LogP contribution >= 0.6 is 0 Å². The number of carbonyl (C=O) groups is 1. The van der Waals surface area contributed by atoms with E-state index in [4.69, 9.17) is 0 Å². The van der Waals surface area contributed by atoms with Crippen molar-refractivity contribution in [3.05, 3.63) is 47.5 Å². The monoisotopic (exact) mass is 350 g/mol. The first-order valence-electron chi connectivity index (χ1n) is 8.36. The maximum atomic E-state index is 12.1. The minimum absolute atomic E-state index is 0.00418. The Hall–Kier alpha value is -1.66. The number of sulfonamides is 1. The largest absolute Gasteiger partial charge is 0.352 e. The van der Waals surface area contributed by atoms with Gasteiger partial charge in [0.2, 0.25) is 15.9 Å². The van der Waals surface area contributed by atoms with Gasteiger partial charge in [-0.2, -0.15) is 0 Å². The predicted molar refractivity (Wildman–Crippen MR) is 95.7 cm³/mol. The van der Waals surface area contributed by atoms with Crippen molar-refractivity contribution in [2.45, 2.75) is 51.4 Å². The second-order valence-corrected chi connectivity index (χ2v) is 8.30. The lowest BCUT2D eigenvalue weighted by Gasteiger charge is -2.14. The van der Waals surface area contributed by atoms with Crippen LogP contribution in [0, 0.1) is 5.92 Å². The van der Waals surface area contributed by atoms with E-state index in [2.05, 4.69) is 22.2 Å². The summed E-state index contributed by atoms with van der Waals surface area (Å²) < 4.78 is 26.8. The van der Waals surface area contributed by atoms with E-state index in [0.717, 1.165) is 18.4 Å². The van der Waals surface area contributed by atoms with Gasteiger partial charge in [0.15, 0.2) is 0 Å². The van der Waals surface area contributed by atoms with Gasteiger partial charge in [0.05, 0.1) is 5.75 Å².